The Kier molecular flexibility index (Phi) is 3.69. The normalized spacial score (nSPS) is 9.93. The fourth-order valence-electron chi connectivity index (χ4n) is 1.33. The summed E-state index contributed by atoms with van der Waals surface area (Å²) in [7, 11) is 0. The Labute approximate surface area is 86.1 Å². The van der Waals surface area contributed by atoms with Crippen LogP contribution in [-0.2, 0) is 0 Å². The Morgan fingerprint density at radius 3 is 2.50 bits per heavy atom. The number of anilines is 1. The van der Waals surface area contributed by atoms with Gasteiger partial charge in [-0.1, -0.05) is 6.92 Å². The molecule has 0 fully saturated rings. The Morgan fingerprint density at radius 2 is 1.93 bits per heavy atom. The zero-order valence-electron chi connectivity index (χ0n) is 9.22. The van der Waals surface area contributed by atoms with Crippen LogP contribution in [0.3, 0.4) is 0 Å². The first-order valence-corrected chi connectivity index (χ1v) is 5.01. The molecule has 0 atom stereocenters. The minimum atomic E-state index is 0.946. The summed E-state index contributed by atoms with van der Waals surface area (Å²) in [5.41, 5.74) is 4.58. The lowest BCUT2D eigenvalue weighted by Gasteiger charge is -2.10. The molecule has 14 heavy (non-hydrogen) atoms. The van der Waals surface area contributed by atoms with Gasteiger partial charge in [0.15, 0.2) is 0 Å². The van der Waals surface area contributed by atoms with Gasteiger partial charge in [-0.2, -0.15) is 0 Å². The van der Waals surface area contributed by atoms with E-state index in [2.05, 4.69) is 49.9 Å². The van der Waals surface area contributed by atoms with Crippen molar-refractivity contribution in [2.45, 2.75) is 27.2 Å². The lowest BCUT2D eigenvalue weighted by Crippen LogP contribution is -2.00. The second-order valence-corrected chi connectivity index (χ2v) is 3.54. The third kappa shape index (κ3) is 2.34. The van der Waals surface area contributed by atoms with E-state index in [1.54, 1.807) is 0 Å². The molecule has 1 aromatic carbocycles. The second kappa shape index (κ2) is 4.80. The zero-order chi connectivity index (χ0) is 10.6. The van der Waals surface area contributed by atoms with Crippen LogP contribution in [0.25, 0.3) is 0 Å². The molecule has 1 rings (SSSR count). The molecule has 0 aliphatic carbocycles. The van der Waals surface area contributed by atoms with Crippen LogP contribution >= 0.6 is 0 Å². The van der Waals surface area contributed by atoms with Crippen molar-refractivity contribution >= 4 is 18.1 Å². The predicted octanol–water partition coefficient (Wildman–Crippen LogP) is 3.46. The van der Waals surface area contributed by atoms with E-state index in [4.69, 9.17) is 0 Å². The van der Waals surface area contributed by atoms with Gasteiger partial charge in [-0.25, -0.2) is 0 Å². The zero-order valence-corrected chi connectivity index (χ0v) is 9.22. The van der Waals surface area contributed by atoms with Crippen molar-refractivity contribution in [1.82, 2.24) is 0 Å². The molecular formula is C12H18N2. The van der Waals surface area contributed by atoms with Crippen molar-refractivity contribution in [2.75, 3.05) is 11.9 Å². The molecule has 2 nitrogen and oxygen atoms in total. The summed E-state index contributed by atoms with van der Waals surface area (Å²) >= 11 is 0. The van der Waals surface area contributed by atoms with Crippen molar-refractivity contribution in [1.29, 1.82) is 0 Å². The standard InChI is InChI=1S/C12H18N2/c1-5-6-14-12-8-10(3)9(2)7-11(12)13-4/h7-8,14H,4-6H2,1-3H3. The summed E-state index contributed by atoms with van der Waals surface area (Å²) in [5, 5.41) is 3.35. The Bertz CT molecular complexity index is 329. The Hall–Kier alpha value is -1.31. The SMILES string of the molecule is C=Nc1cc(C)c(C)cc1NCCC. The number of hydrogen-bond acceptors (Lipinski definition) is 2. The molecule has 2 heteroatoms. The minimum Gasteiger partial charge on any atom is -0.383 e. The molecule has 0 heterocycles. The van der Waals surface area contributed by atoms with Crippen molar-refractivity contribution in [3.8, 4) is 0 Å². The van der Waals surface area contributed by atoms with Gasteiger partial charge in [-0.05, 0) is 50.2 Å². The molecule has 0 radical (unpaired) electrons. The van der Waals surface area contributed by atoms with Crippen LogP contribution in [0.15, 0.2) is 17.1 Å². The van der Waals surface area contributed by atoms with Gasteiger partial charge in [0.05, 0.1) is 11.4 Å². The van der Waals surface area contributed by atoms with Gasteiger partial charge in [0.1, 0.15) is 0 Å². The lowest BCUT2D eigenvalue weighted by molar-refractivity contribution is 0.979. The first-order chi connectivity index (χ1) is 6.69. The predicted molar refractivity (Wildman–Crippen MR) is 63.9 cm³/mol. The maximum atomic E-state index is 4.01. The average Bonchev–Trinajstić information content (AvgIpc) is 2.19. The van der Waals surface area contributed by atoms with E-state index in [1.807, 2.05) is 0 Å². The van der Waals surface area contributed by atoms with E-state index in [0.29, 0.717) is 0 Å². The van der Waals surface area contributed by atoms with Crippen LogP contribution in [0.2, 0.25) is 0 Å². The summed E-state index contributed by atoms with van der Waals surface area (Å²) in [5.74, 6) is 0. The van der Waals surface area contributed by atoms with Gasteiger partial charge >= 0.3 is 0 Å². The Balaban J connectivity index is 3.00. The van der Waals surface area contributed by atoms with E-state index >= 15 is 0 Å². The quantitative estimate of drug-likeness (QED) is 0.722. The minimum absolute atomic E-state index is 0.946. The number of nitrogens with one attached hydrogen (secondary N) is 1. The fraction of sp³-hybridized carbons (Fsp3) is 0.417. The second-order valence-electron chi connectivity index (χ2n) is 3.54. The number of aryl methyl sites for hydroxylation is 2. The summed E-state index contributed by atoms with van der Waals surface area (Å²) in [6.07, 6.45) is 1.11. The highest BCUT2D eigenvalue weighted by molar-refractivity contribution is 5.69. The number of rotatable bonds is 4. The molecule has 0 saturated carbocycles. The first kappa shape index (κ1) is 10.8. The number of benzene rings is 1. The third-order valence-electron chi connectivity index (χ3n) is 2.35. The summed E-state index contributed by atoms with van der Waals surface area (Å²) < 4.78 is 0. The monoisotopic (exact) mass is 190 g/mol. The molecule has 0 spiro atoms. The van der Waals surface area contributed by atoms with Crippen LogP contribution < -0.4 is 5.32 Å². The molecular weight excluding hydrogens is 172 g/mol. The van der Waals surface area contributed by atoms with Crippen LogP contribution in [0.4, 0.5) is 11.4 Å². The largest absolute Gasteiger partial charge is 0.383 e. The summed E-state index contributed by atoms with van der Waals surface area (Å²) in [4.78, 5) is 4.01. The molecule has 0 bridgehead atoms. The van der Waals surface area contributed by atoms with Crippen LogP contribution in [0.5, 0.6) is 0 Å². The first-order valence-electron chi connectivity index (χ1n) is 5.01. The molecule has 0 aliphatic heterocycles. The molecule has 0 aromatic heterocycles. The molecule has 76 valence electrons. The van der Waals surface area contributed by atoms with E-state index in [1.165, 1.54) is 11.1 Å². The van der Waals surface area contributed by atoms with Crippen LogP contribution in [0.1, 0.15) is 24.5 Å². The van der Waals surface area contributed by atoms with Gasteiger partial charge in [0.25, 0.3) is 0 Å². The molecule has 1 N–H and O–H groups in total. The number of hydrogen-bond donors (Lipinski definition) is 1. The number of aliphatic imine (C=N–C) groups is 1. The van der Waals surface area contributed by atoms with E-state index in [9.17, 15) is 0 Å². The highest BCUT2D eigenvalue weighted by atomic mass is 14.9. The van der Waals surface area contributed by atoms with Gasteiger partial charge in [-0.15, -0.1) is 0 Å². The summed E-state index contributed by atoms with van der Waals surface area (Å²) in [6.45, 7) is 10.9. The molecule has 1 aromatic rings. The average molecular weight is 190 g/mol. The van der Waals surface area contributed by atoms with Gasteiger partial charge in [0.2, 0.25) is 0 Å². The van der Waals surface area contributed by atoms with Crippen LogP contribution in [-0.4, -0.2) is 13.3 Å². The van der Waals surface area contributed by atoms with Gasteiger partial charge in [0, 0.05) is 6.54 Å². The Morgan fingerprint density at radius 1 is 1.29 bits per heavy atom. The molecule has 0 aliphatic rings. The highest BCUT2D eigenvalue weighted by Gasteiger charge is 2.02. The van der Waals surface area contributed by atoms with Crippen molar-refractivity contribution in [3.05, 3.63) is 23.3 Å². The smallest absolute Gasteiger partial charge is 0.0856 e. The maximum Gasteiger partial charge on any atom is 0.0856 e. The maximum absolute atomic E-state index is 4.01. The molecule has 0 amide bonds. The molecule has 0 saturated heterocycles. The van der Waals surface area contributed by atoms with Gasteiger partial charge in [-0.3, -0.25) is 4.99 Å². The van der Waals surface area contributed by atoms with Crippen LogP contribution in [0, 0.1) is 13.8 Å². The summed E-state index contributed by atoms with van der Waals surface area (Å²) in [6, 6.07) is 4.20. The molecule has 0 unspecified atom stereocenters. The lowest BCUT2D eigenvalue weighted by atomic mass is 10.1. The van der Waals surface area contributed by atoms with Crippen molar-refractivity contribution in [3.63, 3.8) is 0 Å². The van der Waals surface area contributed by atoms with Crippen molar-refractivity contribution in [2.24, 2.45) is 4.99 Å². The third-order valence-corrected chi connectivity index (χ3v) is 2.35. The topological polar surface area (TPSA) is 24.4 Å². The van der Waals surface area contributed by atoms with Gasteiger partial charge < -0.3 is 5.32 Å². The fourth-order valence-corrected chi connectivity index (χ4v) is 1.33. The van der Waals surface area contributed by atoms with Crippen molar-refractivity contribution < 1.29 is 0 Å². The van der Waals surface area contributed by atoms with E-state index in [-0.39, 0.29) is 0 Å². The van der Waals surface area contributed by atoms with E-state index in [0.717, 1.165) is 24.3 Å². The number of nitrogens with zero attached hydrogens (tertiary/aromatic N) is 1. The van der Waals surface area contributed by atoms with E-state index < -0.39 is 0 Å². The highest BCUT2D eigenvalue weighted by Crippen LogP contribution is 2.27.